The molecular weight excluding hydrogens is 238 g/mol. The van der Waals surface area contributed by atoms with Crippen LogP contribution in [0.4, 0.5) is 4.39 Å². The molecule has 0 aromatic heterocycles. The van der Waals surface area contributed by atoms with Gasteiger partial charge in [-0.1, -0.05) is 12.1 Å². The molecule has 80 valence electrons. The first-order chi connectivity index (χ1) is 7.16. The summed E-state index contributed by atoms with van der Waals surface area (Å²) >= 11 is 11.5. The van der Waals surface area contributed by atoms with Gasteiger partial charge in [-0.05, 0) is 17.7 Å². The van der Waals surface area contributed by atoms with Crippen molar-refractivity contribution in [2.45, 2.75) is 17.3 Å². The quantitative estimate of drug-likeness (QED) is 0.798. The number of hydrazone groups is 1. The minimum Gasteiger partial charge on any atom is -0.304 e. The minimum absolute atomic E-state index is 0.0617. The molecule has 0 bridgehead atoms. The molecule has 1 aromatic carbocycles. The maximum atomic E-state index is 12.7. The highest BCUT2D eigenvalue weighted by Gasteiger charge is 2.24. The summed E-state index contributed by atoms with van der Waals surface area (Å²) in [4.78, 5) is -0.494. The number of halogens is 3. The second-order valence-electron chi connectivity index (χ2n) is 3.34. The van der Waals surface area contributed by atoms with Crippen molar-refractivity contribution in [1.29, 1.82) is 0 Å². The van der Waals surface area contributed by atoms with Gasteiger partial charge in [0, 0.05) is 6.42 Å². The van der Waals surface area contributed by atoms with Crippen molar-refractivity contribution in [3.8, 4) is 0 Å². The monoisotopic (exact) mass is 246 g/mol. The molecule has 2 nitrogen and oxygen atoms in total. The van der Waals surface area contributed by atoms with Gasteiger partial charge < -0.3 is 5.43 Å². The van der Waals surface area contributed by atoms with Crippen LogP contribution in [-0.2, 0) is 0 Å². The molecular formula is C10H9Cl2FN2. The number of rotatable bonds is 2. The molecule has 15 heavy (non-hydrogen) atoms. The van der Waals surface area contributed by atoms with E-state index in [1.54, 1.807) is 12.1 Å². The maximum absolute atomic E-state index is 12.7. The summed E-state index contributed by atoms with van der Waals surface area (Å²) in [5.74, 6) is -0.255. The highest BCUT2D eigenvalue weighted by Crippen LogP contribution is 2.19. The van der Waals surface area contributed by atoms with E-state index in [-0.39, 0.29) is 11.9 Å². The lowest BCUT2D eigenvalue weighted by Crippen LogP contribution is -2.26. The largest absolute Gasteiger partial charge is 0.304 e. The Hall–Kier alpha value is -0.800. The first-order valence-electron chi connectivity index (χ1n) is 4.53. The zero-order chi connectivity index (χ0) is 10.8. The number of nitrogens with one attached hydrogen (secondary N) is 1. The van der Waals surface area contributed by atoms with Crippen molar-refractivity contribution in [3.05, 3.63) is 35.6 Å². The molecule has 0 aliphatic carbocycles. The molecule has 1 N–H and O–H groups in total. The molecule has 0 saturated heterocycles. The lowest BCUT2D eigenvalue weighted by molar-refractivity contribution is 0.619. The maximum Gasteiger partial charge on any atom is 0.129 e. The van der Waals surface area contributed by atoms with Crippen molar-refractivity contribution in [3.63, 3.8) is 0 Å². The van der Waals surface area contributed by atoms with Crippen molar-refractivity contribution in [2.75, 3.05) is 0 Å². The van der Waals surface area contributed by atoms with E-state index in [1.165, 1.54) is 12.1 Å². The Morgan fingerprint density at radius 2 is 2.00 bits per heavy atom. The van der Waals surface area contributed by atoms with Crippen molar-refractivity contribution < 1.29 is 4.39 Å². The highest BCUT2D eigenvalue weighted by molar-refractivity contribution is 6.45. The summed E-state index contributed by atoms with van der Waals surface area (Å²) in [6.07, 6.45) is 0.656. The first-order valence-corrected chi connectivity index (χ1v) is 5.40. The highest BCUT2D eigenvalue weighted by atomic mass is 35.5. The predicted molar refractivity (Wildman–Crippen MR) is 60.0 cm³/mol. The number of alkyl halides is 2. The van der Waals surface area contributed by atoms with Gasteiger partial charge in [-0.3, -0.25) is 0 Å². The molecule has 0 saturated carbocycles. The van der Waals surface area contributed by atoms with Crippen molar-refractivity contribution >= 4 is 28.9 Å². The van der Waals surface area contributed by atoms with Crippen molar-refractivity contribution in [1.82, 2.24) is 5.43 Å². The molecule has 1 aromatic rings. The van der Waals surface area contributed by atoms with Gasteiger partial charge in [0.15, 0.2) is 0 Å². The van der Waals surface area contributed by atoms with Gasteiger partial charge in [-0.15, -0.1) is 23.2 Å². The Kier molecular flexibility index (Phi) is 3.12. The first kappa shape index (κ1) is 10.7. The summed E-state index contributed by atoms with van der Waals surface area (Å²) < 4.78 is 12.7. The molecule has 2 rings (SSSR count). The summed E-state index contributed by atoms with van der Waals surface area (Å²) in [5, 5.41) is 4.11. The van der Waals surface area contributed by atoms with E-state index in [1.807, 2.05) is 0 Å². The van der Waals surface area contributed by atoms with Crippen LogP contribution in [0.2, 0.25) is 0 Å². The zero-order valence-corrected chi connectivity index (χ0v) is 9.26. The van der Waals surface area contributed by atoms with E-state index in [9.17, 15) is 4.39 Å². The summed E-state index contributed by atoms with van der Waals surface area (Å²) in [5.41, 5.74) is 4.59. The lowest BCUT2D eigenvalue weighted by atomic mass is 10.1. The fourth-order valence-corrected chi connectivity index (χ4v) is 1.72. The lowest BCUT2D eigenvalue weighted by Gasteiger charge is -2.09. The number of nitrogens with zero attached hydrogens (tertiary/aromatic N) is 1. The summed E-state index contributed by atoms with van der Waals surface area (Å²) in [7, 11) is 0. The SMILES string of the molecule is Fc1ccc(C2=NNC(C(Cl)Cl)C2)cc1. The minimum atomic E-state index is -0.494. The Bertz CT molecular complexity index is 376. The topological polar surface area (TPSA) is 24.4 Å². The van der Waals surface area contributed by atoms with Crippen LogP contribution in [0, 0.1) is 5.82 Å². The Balaban J connectivity index is 2.11. The van der Waals surface area contributed by atoms with E-state index in [4.69, 9.17) is 23.2 Å². The smallest absolute Gasteiger partial charge is 0.129 e. The van der Waals surface area contributed by atoms with Crippen LogP contribution < -0.4 is 5.43 Å². The van der Waals surface area contributed by atoms with E-state index in [2.05, 4.69) is 10.5 Å². The van der Waals surface area contributed by atoms with Gasteiger partial charge in [-0.25, -0.2) is 4.39 Å². The van der Waals surface area contributed by atoms with Crippen molar-refractivity contribution in [2.24, 2.45) is 5.10 Å². The standard InChI is InChI=1S/C10H9Cl2FN2/c11-10(12)9-5-8(14-15-9)6-1-3-7(13)4-2-6/h1-4,9-10,15H,5H2. The normalized spacial score (nSPS) is 20.3. The van der Waals surface area contributed by atoms with E-state index < -0.39 is 4.84 Å². The molecule has 1 aliphatic heterocycles. The molecule has 0 fully saturated rings. The predicted octanol–water partition coefficient (Wildman–Crippen LogP) is 2.70. The molecule has 0 radical (unpaired) electrons. The zero-order valence-electron chi connectivity index (χ0n) is 7.75. The average Bonchev–Trinajstić information content (AvgIpc) is 2.68. The molecule has 1 heterocycles. The number of hydrogen-bond donors (Lipinski definition) is 1. The van der Waals surface area contributed by atoms with Gasteiger partial charge >= 0.3 is 0 Å². The average molecular weight is 247 g/mol. The Labute approximate surface area is 97.1 Å². The van der Waals surface area contributed by atoms with Crippen LogP contribution in [0.5, 0.6) is 0 Å². The van der Waals surface area contributed by atoms with Gasteiger partial charge in [0.1, 0.15) is 10.7 Å². The fraction of sp³-hybridized carbons (Fsp3) is 0.300. The van der Waals surface area contributed by atoms with E-state index >= 15 is 0 Å². The van der Waals surface area contributed by atoms with E-state index in [0.717, 1.165) is 11.3 Å². The molecule has 1 unspecified atom stereocenters. The van der Waals surface area contributed by atoms with Gasteiger partial charge in [0.05, 0.1) is 11.8 Å². The third-order valence-corrected chi connectivity index (χ3v) is 2.87. The van der Waals surface area contributed by atoms with Crippen LogP contribution in [0.1, 0.15) is 12.0 Å². The molecule has 1 aliphatic rings. The Morgan fingerprint density at radius 3 is 2.53 bits per heavy atom. The third kappa shape index (κ3) is 2.41. The third-order valence-electron chi connectivity index (χ3n) is 2.26. The molecule has 5 heteroatoms. The summed E-state index contributed by atoms with van der Waals surface area (Å²) in [6.45, 7) is 0. The van der Waals surface area contributed by atoms with Crippen LogP contribution in [0.15, 0.2) is 29.4 Å². The fourth-order valence-electron chi connectivity index (χ4n) is 1.43. The summed E-state index contributed by atoms with van der Waals surface area (Å²) in [6, 6.07) is 6.13. The van der Waals surface area contributed by atoms with Crippen LogP contribution in [0.25, 0.3) is 0 Å². The number of hydrogen-bond acceptors (Lipinski definition) is 2. The van der Waals surface area contributed by atoms with Crippen LogP contribution >= 0.6 is 23.2 Å². The van der Waals surface area contributed by atoms with Crippen LogP contribution in [-0.4, -0.2) is 16.6 Å². The van der Waals surface area contributed by atoms with Crippen LogP contribution in [0.3, 0.4) is 0 Å². The van der Waals surface area contributed by atoms with E-state index in [0.29, 0.717) is 6.42 Å². The molecule has 1 atom stereocenters. The second-order valence-corrected chi connectivity index (χ2v) is 4.50. The number of benzene rings is 1. The Morgan fingerprint density at radius 1 is 1.33 bits per heavy atom. The van der Waals surface area contributed by atoms with Gasteiger partial charge in [-0.2, -0.15) is 5.10 Å². The second kappa shape index (κ2) is 4.37. The van der Waals surface area contributed by atoms with Gasteiger partial charge in [0.2, 0.25) is 0 Å². The molecule has 0 spiro atoms. The molecule has 0 amide bonds. The van der Waals surface area contributed by atoms with Gasteiger partial charge in [0.25, 0.3) is 0 Å².